The fourth-order valence-electron chi connectivity index (χ4n) is 6.51. The first kappa shape index (κ1) is 25.0. The van der Waals surface area contributed by atoms with Crippen molar-refractivity contribution in [1.29, 1.82) is 0 Å². The summed E-state index contributed by atoms with van der Waals surface area (Å²) < 4.78 is 7.91. The third-order valence-corrected chi connectivity index (χ3v) is 8.96. The standard InChI is InChI=1S/C30H27BrN6O3/c1-16-8-18(17-6-7-40-14-17)9-20-26-28(32)33-15-34-29(26)36(27(16)20)13-25(39)37-21(11-30(2)12-23(30)37)22(38)10-19-4-3-5-24(31)35-19/h3-9,14-15,21,23H,10-13H2,1-2H3,(H2,32,33,34)/t21-,23+,30-/m0/s1. The van der Waals surface area contributed by atoms with Gasteiger partial charge in [-0.15, -0.1) is 0 Å². The van der Waals surface area contributed by atoms with E-state index in [4.69, 9.17) is 10.2 Å². The third-order valence-electron chi connectivity index (χ3n) is 8.52. The van der Waals surface area contributed by atoms with E-state index in [9.17, 15) is 9.59 Å². The van der Waals surface area contributed by atoms with Crippen molar-refractivity contribution in [2.75, 3.05) is 5.73 Å². The van der Waals surface area contributed by atoms with E-state index in [0.717, 1.165) is 34.0 Å². The molecule has 7 rings (SSSR count). The summed E-state index contributed by atoms with van der Waals surface area (Å²) in [6.07, 6.45) is 6.53. The summed E-state index contributed by atoms with van der Waals surface area (Å²) in [5.41, 5.74) is 11.4. The predicted octanol–water partition coefficient (Wildman–Crippen LogP) is 5.08. The Kier molecular flexibility index (Phi) is 5.61. The summed E-state index contributed by atoms with van der Waals surface area (Å²) >= 11 is 3.38. The molecule has 2 aliphatic rings. The summed E-state index contributed by atoms with van der Waals surface area (Å²) in [6.45, 7) is 4.23. The number of pyridine rings is 1. The van der Waals surface area contributed by atoms with Gasteiger partial charge in [-0.25, -0.2) is 15.0 Å². The molecular formula is C30H27BrN6O3. The third kappa shape index (κ3) is 3.92. The predicted molar refractivity (Wildman–Crippen MR) is 154 cm³/mol. The van der Waals surface area contributed by atoms with Crippen LogP contribution in [0.15, 0.2) is 64.3 Å². The maximum Gasteiger partial charge on any atom is 0.243 e. The number of aromatic nitrogens is 4. The van der Waals surface area contributed by atoms with Gasteiger partial charge in [0.2, 0.25) is 5.91 Å². The van der Waals surface area contributed by atoms with Gasteiger partial charge in [0.1, 0.15) is 28.9 Å². The van der Waals surface area contributed by atoms with E-state index in [1.165, 1.54) is 6.33 Å². The van der Waals surface area contributed by atoms with Crippen LogP contribution in [0.2, 0.25) is 0 Å². The number of furan rings is 1. The van der Waals surface area contributed by atoms with Crippen LogP contribution in [-0.2, 0) is 22.6 Å². The first-order valence-electron chi connectivity index (χ1n) is 13.2. The van der Waals surface area contributed by atoms with Gasteiger partial charge in [0.05, 0.1) is 35.9 Å². The zero-order valence-corrected chi connectivity index (χ0v) is 23.7. The average Bonchev–Trinajstić information content (AvgIpc) is 3.29. The molecule has 0 bridgehead atoms. The van der Waals surface area contributed by atoms with E-state index in [1.807, 2.05) is 46.7 Å². The molecule has 9 nitrogen and oxygen atoms in total. The number of carbonyl (C=O) groups is 2. The number of halogens is 1. The van der Waals surface area contributed by atoms with Crippen LogP contribution in [0.1, 0.15) is 31.0 Å². The normalized spacial score (nSPS) is 21.7. The lowest BCUT2D eigenvalue weighted by molar-refractivity contribution is -0.139. The van der Waals surface area contributed by atoms with E-state index in [2.05, 4.69) is 43.9 Å². The SMILES string of the molecule is Cc1cc(-c2ccoc2)cc2c3c(N)ncnc3n(CC(=O)N3[C@H](C(=O)Cc4cccc(Br)n4)C[C@@]4(C)C[C@@H]34)c12. The summed E-state index contributed by atoms with van der Waals surface area (Å²) in [4.78, 5) is 42.7. The van der Waals surface area contributed by atoms with E-state index in [-0.39, 0.29) is 36.1 Å². The molecular weight excluding hydrogens is 572 g/mol. The molecule has 202 valence electrons. The minimum absolute atomic E-state index is 0.0158. The number of aryl methyl sites for hydroxylation is 1. The summed E-state index contributed by atoms with van der Waals surface area (Å²) in [7, 11) is 0. The minimum Gasteiger partial charge on any atom is -0.472 e. The molecule has 2 N–H and O–H groups in total. The quantitative estimate of drug-likeness (QED) is 0.270. The molecule has 5 heterocycles. The van der Waals surface area contributed by atoms with E-state index >= 15 is 0 Å². The van der Waals surface area contributed by atoms with Gasteiger partial charge in [0, 0.05) is 22.7 Å². The summed E-state index contributed by atoms with van der Waals surface area (Å²) in [5, 5.41) is 1.59. The van der Waals surface area contributed by atoms with E-state index in [0.29, 0.717) is 33.6 Å². The highest BCUT2D eigenvalue weighted by Gasteiger charge is 2.64. The maximum absolute atomic E-state index is 14.1. The Morgan fingerprint density at radius 3 is 2.80 bits per heavy atom. The van der Waals surface area contributed by atoms with Crippen LogP contribution in [0.25, 0.3) is 33.1 Å². The van der Waals surface area contributed by atoms with Crippen LogP contribution in [0.4, 0.5) is 5.82 Å². The van der Waals surface area contributed by atoms with Gasteiger partial charge < -0.3 is 19.6 Å². The largest absolute Gasteiger partial charge is 0.472 e. The van der Waals surface area contributed by atoms with Crippen molar-refractivity contribution in [3.8, 4) is 11.1 Å². The number of nitrogens with two attached hydrogens (primary N) is 1. The number of rotatable bonds is 6. The number of hydrogen-bond acceptors (Lipinski definition) is 7. The topological polar surface area (TPSA) is 120 Å². The van der Waals surface area contributed by atoms with Gasteiger partial charge in [-0.1, -0.05) is 13.0 Å². The molecule has 40 heavy (non-hydrogen) atoms. The van der Waals surface area contributed by atoms with Gasteiger partial charge in [-0.05, 0) is 82.6 Å². The number of Topliss-reactive ketones (excluding diaryl/α,β-unsaturated/α-hetero) is 1. The van der Waals surface area contributed by atoms with Crippen molar-refractivity contribution < 1.29 is 14.0 Å². The number of ketones is 1. The number of piperidine rings is 1. The molecule has 1 amide bonds. The zero-order chi connectivity index (χ0) is 27.8. The van der Waals surface area contributed by atoms with Gasteiger partial charge >= 0.3 is 0 Å². The maximum atomic E-state index is 14.1. The fourth-order valence-corrected chi connectivity index (χ4v) is 6.89. The van der Waals surface area contributed by atoms with Crippen molar-refractivity contribution in [3.05, 3.63) is 71.1 Å². The van der Waals surface area contributed by atoms with Crippen molar-refractivity contribution in [2.24, 2.45) is 5.41 Å². The number of carbonyl (C=O) groups excluding carboxylic acids is 2. The number of nitrogens with zero attached hydrogens (tertiary/aromatic N) is 5. The Balaban J connectivity index is 1.27. The number of fused-ring (bicyclic) bond motifs is 4. The molecule has 5 aromatic rings. The Bertz CT molecular complexity index is 1830. The molecule has 1 saturated heterocycles. The second-order valence-electron chi connectivity index (χ2n) is 11.2. The Labute approximate surface area is 238 Å². The van der Waals surface area contributed by atoms with Crippen molar-refractivity contribution in [1.82, 2.24) is 24.4 Å². The van der Waals surface area contributed by atoms with Crippen LogP contribution >= 0.6 is 15.9 Å². The molecule has 1 aliphatic carbocycles. The van der Waals surface area contributed by atoms with Gasteiger partial charge in [-0.3, -0.25) is 9.59 Å². The molecule has 4 aromatic heterocycles. The van der Waals surface area contributed by atoms with Crippen molar-refractivity contribution in [2.45, 2.75) is 51.7 Å². The molecule has 1 aromatic carbocycles. The summed E-state index contributed by atoms with van der Waals surface area (Å²) in [6, 6.07) is 11.1. The van der Waals surface area contributed by atoms with Crippen molar-refractivity contribution in [3.63, 3.8) is 0 Å². The molecule has 2 fully saturated rings. The molecule has 10 heteroatoms. The Morgan fingerprint density at radius 2 is 2.02 bits per heavy atom. The lowest BCUT2D eigenvalue weighted by Gasteiger charge is -2.27. The first-order chi connectivity index (χ1) is 19.2. The molecule has 0 unspecified atom stereocenters. The van der Waals surface area contributed by atoms with Crippen LogP contribution < -0.4 is 5.73 Å². The minimum atomic E-state index is -0.474. The highest BCUT2D eigenvalue weighted by Crippen LogP contribution is 2.59. The van der Waals surface area contributed by atoms with Crippen molar-refractivity contribution >= 4 is 55.4 Å². The molecule has 0 spiro atoms. The second kappa shape index (κ2) is 8.99. The van der Waals surface area contributed by atoms with Crippen LogP contribution in [0, 0.1) is 12.3 Å². The monoisotopic (exact) mass is 598 g/mol. The average molecular weight is 599 g/mol. The van der Waals surface area contributed by atoms with Crippen LogP contribution in [-0.4, -0.2) is 48.2 Å². The number of hydrogen-bond donors (Lipinski definition) is 1. The van der Waals surface area contributed by atoms with Gasteiger partial charge in [0.25, 0.3) is 0 Å². The summed E-state index contributed by atoms with van der Waals surface area (Å²) in [5.74, 6) is 0.277. The first-order valence-corrected chi connectivity index (χ1v) is 14.0. The number of amides is 1. The number of benzene rings is 1. The fraction of sp³-hybridized carbons (Fsp3) is 0.300. The highest BCUT2D eigenvalue weighted by molar-refractivity contribution is 9.10. The smallest absolute Gasteiger partial charge is 0.243 e. The van der Waals surface area contributed by atoms with E-state index in [1.54, 1.807) is 12.5 Å². The molecule has 3 atom stereocenters. The molecule has 0 radical (unpaired) electrons. The number of anilines is 1. The lowest BCUT2D eigenvalue weighted by atomic mass is 9.97. The number of likely N-dealkylation sites (tertiary alicyclic amines) is 1. The molecule has 1 aliphatic heterocycles. The lowest BCUT2D eigenvalue weighted by Crippen LogP contribution is -2.45. The Hall–Kier alpha value is -4.05. The number of nitrogen functional groups attached to an aromatic ring is 1. The zero-order valence-electron chi connectivity index (χ0n) is 22.1. The molecule has 1 saturated carbocycles. The van der Waals surface area contributed by atoms with Gasteiger partial charge in [0.15, 0.2) is 5.78 Å². The highest BCUT2D eigenvalue weighted by atomic mass is 79.9. The van der Waals surface area contributed by atoms with Crippen LogP contribution in [0.5, 0.6) is 0 Å². The van der Waals surface area contributed by atoms with Crippen LogP contribution in [0.3, 0.4) is 0 Å². The van der Waals surface area contributed by atoms with E-state index < -0.39 is 6.04 Å². The second-order valence-corrected chi connectivity index (χ2v) is 12.0. The van der Waals surface area contributed by atoms with Gasteiger partial charge in [-0.2, -0.15) is 0 Å². The Morgan fingerprint density at radius 1 is 1.18 bits per heavy atom.